The minimum Gasteiger partial charge on any atom is -0.378 e. The molecule has 0 atom stereocenters. The number of anilines is 2. The second-order valence-corrected chi connectivity index (χ2v) is 9.53. The molecule has 192 valence electrons. The van der Waals surface area contributed by atoms with Gasteiger partial charge in [0.25, 0.3) is 0 Å². The van der Waals surface area contributed by atoms with Crippen molar-refractivity contribution in [3.63, 3.8) is 0 Å². The highest BCUT2D eigenvalue weighted by Crippen LogP contribution is 2.27. The van der Waals surface area contributed by atoms with Gasteiger partial charge in [0, 0.05) is 43.5 Å². The smallest absolute Gasteiger partial charge is 0.224 e. The topological polar surface area (TPSA) is 75.0 Å². The summed E-state index contributed by atoms with van der Waals surface area (Å²) >= 11 is 0. The predicted octanol–water partition coefficient (Wildman–Crippen LogP) is 4.00. The Kier molecular flexibility index (Phi) is 7.43. The highest BCUT2D eigenvalue weighted by Gasteiger charge is 2.19. The minimum atomic E-state index is -0.278. The van der Waals surface area contributed by atoms with Crippen LogP contribution in [0, 0.1) is 5.82 Å². The molecule has 0 unspecified atom stereocenters. The Labute approximate surface area is 215 Å². The quantitative estimate of drug-likeness (QED) is 0.393. The summed E-state index contributed by atoms with van der Waals surface area (Å²) < 4.78 is 20.5. The van der Waals surface area contributed by atoms with Crippen LogP contribution in [0.3, 0.4) is 0 Å². The van der Waals surface area contributed by atoms with Crippen LogP contribution in [0.4, 0.5) is 15.9 Å². The van der Waals surface area contributed by atoms with E-state index in [1.807, 2.05) is 42.9 Å². The number of rotatable bonds is 8. The number of nitrogens with zero attached hydrogens (tertiary/aromatic N) is 5. The van der Waals surface area contributed by atoms with Gasteiger partial charge in [-0.3, -0.25) is 4.79 Å². The number of aromatic nitrogens is 3. The molecule has 8 nitrogen and oxygen atoms in total. The van der Waals surface area contributed by atoms with E-state index in [1.165, 1.54) is 17.7 Å². The number of amides is 1. The van der Waals surface area contributed by atoms with E-state index in [-0.39, 0.29) is 11.7 Å². The van der Waals surface area contributed by atoms with Crippen molar-refractivity contribution in [2.45, 2.75) is 19.4 Å². The Bertz CT molecular complexity index is 1360. The highest BCUT2D eigenvalue weighted by atomic mass is 19.1. The third-order valence-electron chi connectivity index (χ3n) is 6.29. The van der Waals surface area contributed by atoms with Crippen molar-refractivity contribution >= 4 is 22.9 Å². The van der Waals surface area contributed by atoms with E-state index in [4.69, 9.17) is 14.8 Å². The Balaban J connectivity index is 1.34. The molecule has 5 rings (SSSR count). The fourth-order valence-electron chi connectivity index (χ4n) is 4.45. The molecule has 1 N–H and O–H groups in total. The zero-order valence-electron chi connectivity index (χ0n) is 21.2. The van der Waals surface area contributed by atoms with Crippen LogP contribution in [0.2, 0.25) is 0 Å². The van der Waals surface area contributed by atoms with Crippen molar-refractivity contribution in [2.24, 2.45) is 0 Å². The lowest BCUT2D eigenvalue weighted by atomic mass is 10.1. The fraction of sp³-hybridized carbons (Fsp3) is 0.321. The number of aryl methyl sites for hydroxylation is 1. The van der Waals surface area contributed by atoms with Gasteiger partial charge in [0.1, 0.15) is 11.3 Å². The Hall–Kier alpha value is -3.82. The maximum Gasteiger partial charge on any atom is 0.224 e. The monoisotopic (exact) mass is 502 g/mol. The van der Waals surface area contributed by atoms with E-state index in [0.717, 1.165) is 42.1 Å². The van der Waals surface area contributed by atoms with E-state index in [2.05, 4.69) is 27.4 Å². The maximum absolute atomic E-state index is 13.1. The fourth-order valence-corrected chi connectivity index (χ4v) is 4.45. The summed E-state index contributed by atoms with van der Waals surface area (Å²) in [4.78, 5) is 21.8. The molecule has 37 heavy (non-hydrogen) atoms. The number of hydrogen-bond acceptors (Lipinski definition) is 6. The van der Waals surface area contributed by atoms with Crippen molar-refractivity contribution < 1.29 is 13.9 Å². The number of fused-ring (bicyclic) bond motifs is 1. The normalized spacial score (nSPS) is 13.9. The lowest BCUT2D eigenvalue weighted by Crippen LogP contribution is -2.37. The van der Waals surface area contributed by atoms with Crippen molar-refractivity contribution in [2.75, 3.05) is 50.6 Å². The first kappa shape index (κ1) is 24.9. The maximum atomic E-state index is 13.1. The molecular formula is C28H31FN6O2. The molecule has 0 aliphatic carbocycles. The Morgan fingerprint density at radius 1 is 1.05 bits per heavy atom. The first-order chi connectivity index (χ1) is 17.9. The predicted molar refractivity (Wildman–Crippen MR) is 142 cm³/mol. The number of halogens is 1. The SMILES string of the molecule is CN(C)Cc1cc2c(N3CCOCC3)nc(-c3ccc(NC(=O)CCc4ccc(F)cc4)cc3)nn2c1. The second kappa shape index (κ2) is 11.1. The van der Waals surface area contributed by atoms with Crippen LogP contribution in [0.25, 0.3) is 16.9 Å². The molecule has 2 aromatic heterocycles. The van der Waals surface area contributed by atoms with Gasteiger partial charge < -0.3 is 19.9 Å². The van der Waals surface area contributed by atoms with Gasteiger partial charge in [-0.05, 0) is 74.1 Å². The van der Waals surface area contributed by atoms with Crippen LogP contribution in [-0.2, 0) is 22.5 Å². The van der Waals surface area contributed by atoms with E-state index in [0.29, 0.717) is 37.6 Å². The summed E-state index contributed by atoms with van der Waals surface area (Å²) in [6.45, 7) is 3.72. The van der Waals surface area contributed by atoms with Gasteiger partial charge in [0.15, 0.2) is 11.6 Å². The molecule has 1 aliphatic rings. The molecule has 9 heteroatoms. The molecule has 0 radical (unpaired) electrons. The number of ether oxygens (including phenoxy) is 1. The molecule has 2 aromatic carbocycles. The molecule has 0 bridgehead atoms. The van der Waals surface area contributed by atoms with Gasteiger partial charge >= 0.3 is 0 Å². The molecule has 4 aromatic rings. The molecule has 1 amide bonds. The molecule has 1 aliphatic heterocycles. The summed E-state index contributed by atoms with van der Waals surface area (Å²) in [5, 5.41) is 7.73. The van der Waals surface area contributed by atoms with Crippen LogP contribution >= 0.6 is 0 Å². The number of carbonyl (C=O) groups is 1. The van der Waals surface area contributed by atoms with Crippen LogP contribution < -0.4 is 10.2 Å². The van der Waals surface area contributed by atoms with E-state index >= 15 is 0 Å². The molecule has 1 fully saturated rings. The largest absolute Gasteiger partial charge is 0.378 e. The lowest BCUT2D eigenvalue weighted by molar-refractivity contribution is -0.116. The van der Waals surface area contributed by atoms with Gasteiger partial charge in [0.05, 0.1) is 13.2 Å². The third kappa shape index (κ3) is 6.12. The number of nitrogens with one attached hydrogen (secondary N) is 1. The van der Waals surface area contributed by atoms with Gasteiger partial charge in [0.2, 0.25) is 5.91 Å². The van der Waals surface area contributed by atoms with Crippen LogP contribution in [0.1, 0.15) is 17.5 Å². The van der Waals surface area contributed by atoms with Crippen LogP contribution in [0.5, 0.6) is 0 Å². The van der Waals surface area contributed by atoms with Gasteiger partial charge in [-0.25, -0.2) is 13.9 Å². The van der Waals surface area contributed by atoms with E-state index in [1.54, 1.807) is 12.1 Å². The van der Waals surface area contributed by atoms with E-state index < -0.39 is 0 Å². The number of carbonyl (C=O) groups excluding carboxylic acids is 1. The zero-order valence-corrected chi connectivity index (χ0v) is 21.2. The van der Waals surface area contributed by atoms with Crippen molar-refractivity contribution in [1.82, 2.24) is 19.5 Å². The first-order valence-corrected chi connectivity index (χ1v) is 12.5. The Morgan fingerprint density at radius 3 is 2.49 bits per heavy atom. The van der Waals surface area contributed by atoms with Crippen molar-refractivity contribution in [3.05, 3.63) is 77.7 Å². The molecular weight excluding hydrogens is 471 g/mol. The summed E-state index contributed by atoms with van der Waals surface area (Å²) in [5.41, 5.74) is 4.65. The van der Waals surface area contributed by atoms with Crippen LogP contribution in [-0.4, -0.2) is 65.8 Å². The van der Waals surface area contributed by atoms with Gasteiger partial charge in [-0.1, -0.05) is 12.1 Å². The summed E-state index contributed by atoms with van der Waals surface area (Å²) in [5.74, 6) is 1.15. The van der Waals surface area contributed by atoms with Crippen molar-refractivity contribution in [3.8, 4) is 11.4 Å². The lowest BCUT2D eigenvalue weighted by Gasteiger charge is -2.28. The van der Waals surface area contributed by atoms with Gasteiger partial charge in [-0.15, -0.1) is 5.10 Å². The Morgan fingerprint density at radius 2 is 1.78 bits per heavy atom. The number of benzene rings is 2. The highest BCUT2D eigenvalue weighted by molar-refractivity contribution is 5.91. The molecule has 0 spiro atoms. The third-order valence-corrected chi connectivity index (χ3v) is 6.29. The molecule has 0 saturated carbocycles. The van der Waals surface area contributed by atoms with Crippen molar-refractivity contribution in [1.29, 1.82) is 0 Å². The second-order valence-electron chi connectivity index (χ2n) is 9.53. The first-order valence-electron chi connectivity index (χ1n) is 12.5. The zero-order chi connectivity index (χ0) is 25.8. The average Bonchev–Trinajstić information content (AvgIpc) is 3.30. The average molecular weight is 503 g/mol. The standard InChI is InChI=1S/C28H31FN6O2/c1-33(2)18-21-17-25-28(34-13-15-37-16-14-34)31-27(32-35(25)19-21)22-6-10-24(11-7-22)30-26(36)12-5-20-3-8-23(29)9-4-20/h3-4,6-11,17,19H,5,12-16,18H2,1-2H3,(H,30,36). The van der Waals surface area contributed by atoms with E-state index in [9.17, 15) is 9.18 Å². The van der Waals surface area contributed by atoms with Crippen LogP contribution in [0.15, 0.2) is 60.8 Å². The number of hydrogen-bond donors (Lipinski definition) is 1. The number of morpholine rings is 1. The minimum absolute atomic E-state index is 0.0925. The summed E-state index contributed by atoms with van der Waals surface area (Å²) in [6.07, 6.45) is 2.92. The summed E-state index contributed by atoms with van der Waals surface area (Å²) in [7, 11) is 4.09. The van der Waals surface area contributed by atoms with Gasteiger partial charge in [-0.2, -0.15) is 0 Å². The molecule has 3 heterocycles. The molecule has 1 saturated heterocycles. The summed E-state index contributed by atoms with van der Waals surface area (Å²) in [6, 6.07) is 15.9.